The van der Waals surface area contributed by atoms with E-state index in [2.05, 4.69) is 17.2 Å². The van der Waals surface area contributed by atoms with Crippen LogP contribution in [0.4, 0.5) is 11.5 Å². The zero-order chi connectivity index (χ0) is 15.0. The van der Waals surface area contributed by atoms with Crippen molar-refractivity contribution < 1.29 is 4.92 Å². The third-order valence-corrected chi connectivity index (χ3v) is 4.99. The molecule has 0 spiro atoms. The topological polar surface area (TPSA) is 91.9 Å². The summed E-state index contributed by atoms with van der Waals surface area (Å²) in [6.45, 7) is 2.14. The van der Waals surface area contributed by atoms with Crippen molar-refractivity contribution in [2.75, 3.05) is 5.32 Å². The molecule has 4 unspecified atom stereocenters. The fourth-order valence-corrected chi connectivity index (χ4v) is 4.01. The molecule has 1 N–H and O–H groups in total. The zero-order valence-electron chi connectivity index (χ0n) is 12.0. The maximum atomic E-state index is 10.8. The SMILES string of the molecule is CC(Nc1ccc([N+](=O)[O-])c(C#N)n1)C1CC2CCC1C2. The lowest BCUT2D eigenvalue weighted by Crippen LogP contribution is -2.30. The van der Waals surface area contributed by atoms with Gasteiger partial charge in [0.15, 0.2) is 0 Å². The summed E-state index contributed by atoms with van der Waals surface area (Å²) in [5.74, 6) is 2.87. The Morgan fingerprint density at radius 1 is 1.48 bits per heavy atom. The number of nitrogens with zero attached hydrogens (tertiary/aromatic N) is 3. The van der Waals surface area contributed by atoms with Crippen molar-refractivity contribution in [1.82, 2.24) is 4.98 Å². The molecule has 2 aliphatic carbocycles. The normalized spacial score (nSPS) is 28.1. The average Bonchev–Trinajstić information content (AvgIpc) is 3.09. The Hall–Kier alpha value is -2.16. The van der Waals surface area contributed by atoms with Crippen molar-refractivity contribution in [3.63, 3.8) is 0 Å². The molecule has 0 aromatic carbocycles. The number of aromatic nitrogens is 1. The molecular formula is C15H18N4O2. The van der Waals surface area contributed by atoms with E-state index in [-0.39, 0.29) is 17.4 Å². The summed E-state index contributed by atoms with van der Waals surface area (Å²) in [7, 11) is 0. The van der Waals surface area contributed by atoms with Crippen LogP contribution in [0.1, 0.15) is 38.3 Å². The number of nitro groups is 1. The molecule has 2 bridgehead atoms. The van der Waals surface area contributed by atoms with Crippen LogP contribution in [0.3, 0.4) is 0 Å². The minimum Gasteiger partial charge on any atom is -0.367 e. The van der Waals surface area contributed by atoms with E-state index in [1.807, 2.05) is 0 Å². The summed E-state index contributed by atoms with van der Waals surface area (Å²) >= 11 is 0. The molecule has 1 aromatic heterocycles. The maximum Gasteiger partial charge on any atom is 0.305 e. The predicted molar refractivity (Wildman–Crippen MR) is 77.6 cm³/mol. The number of hydrogen-bond acceptors (Lipinski definition) is 5. The van der Waals surface area contributed by atoms with Gasteiger partial charge in [-0.2, -0.15) is 5.26 Å². The molecule has 110 valence electrons. The van der Waals surface area contributed by atoms with E-state index in [0.29, 0.717) is 11.7 Å². The minimum absolute atomic E-state index is 0.134. The Balaban J connectivity index is 1.73. The van der Waals surface area contributed by atoms with Gasteiger partial charge in [0, 0.05) is 12.1 Å². The summed E-state index contributed by atoms with van der Waals surface area (Å²) in [5, 5.41) is 23.1. The summed E-state index contributed by atoms with van der Waals surface area (Å²) in [6.07, 6.45) is 5.28. The van der Waals surface area contributed by atoms with Crippen LogP contribution in [0, 0.1) is 39.2 Å². The highest BCUT2D eigenvalue weighted by Crippen LogP contribution is 2.49. The van der Waals surface area contributed by atoms with Crippen LogP contribution in [-0.4, -0.2) is 15.9 Å². The van der Waals surface area contributed by atoms with Gasteiger partial charge in [0.1, 0.15) is 11.9 Å². The van der Waals surface area contributed by atoms with Crippen molar-refractivity contribution in [1.29, 1.82) is 5.26 Å². The maximum absolute atomic E-state index is 10.8. The lowest BCUT2D eigenvalue weighted by Gasteiger charge is -2.28. The van der Waals surface area contributed by atoms with Gasteiger partial charge >= 0.3 is 5.69 Å². The van der Waals surface area contributed by atoms with Crippen LogP contribution in [0.25, 0.3) is 0 Å². The number of hydrogen-bond donors (Lipinski definition) is 1. The van der Waals surface area contributed by atoms with Crippen LogP contribution in [0.15, 0.2) is 12.1 Å². The highest BCUT2D eigenvalue weighted by Gasteiger charge is 2.41. The van der Waals surface area contributed by atoms with E-state index in [1.54, 1.807) is 12.1 Å². The van der Waals surface area contributed by atoms with E-state index in [1.165, 1.54) is 31.7 Å². The second-order valence-electron chi connectivity index (χ2n) is 6.20. The molecule has 4 atom stereocenters. The average molecular weight is 286 g/mol. The smallest absolute Gasteiger partial charge is 0.305 e. The van der Waals surface area contributed by atoms with Crippen LogP contribution >= 0.6 is 0 Å². The third-order valence-electron chi connectivity index (χ3n) is 4.99. The molecule has 0 saturated heterocycles. The number of fused-ring (bicyclic) bond motifs is 2. The molecule has 3 rings (SSSR count). The lowest BCUT2D eigenvalue weighted by atomic mass is 9.84. The van der Waals surface area contributed by atoms with Crippen molar-refractivity contribution in [2.45, 2.75) is 38.6 Å². The first-order valence-corrected chi connectivity index (χ1v) is 7.40. The second kappa shape index (κ2) is 5.32. The van der Waals surface area contributed by atoms with E-state index in [0.717, 1.165) is 11.8 Å². The van der Waals surface area contributed by atoms with Crippen LogP contribution in [-0.2, 0) is 0 Å². The van der Waals surface area contributed by atoms with Crippen molar-refractivity contribution in [3.05, 3.63) is 27.9 Å². The zero-order valence-corrected chi connectivity index (χ0v) is 12.0. The van der Waals surface area contributed by atoms with E-state index in [9.17, 15) is 10.1 Å². The molecule has 6 heteroatoms. The molecule has 1 aromatic rings. The third kappa shape index (κ3) is 2.56. The summed E-state index contributed by atoms with van der Waals surface area (Å²) in [5.41, 5.74) is -0.374. The van der Waals surface area contributed by atoms with Crippen molar-refractivity contribution in [2.24, 2.45) is 17.8 Å². The number of nitriles is 1. The molecular weight excluding hydrogens is 268 g/mol. The second-order valence-corrected chi connectivity index (χ2v) is 6.20. The van der Waals surface area contributed by atoms with Gasteiger partial charge in [-0.05, 0) is 50.0 Å². The molecule has 21 heavy (non-hydrogen) atoms. The van der Waals surface area contributed by atoms with Gasteiger partial charge in [0.25, 0.3) is 0 Å². The van der Waals surface area contributed by atoms with Gasteiger partial charge in [0.05, 0.1) is 4.92 Å². The van der Waals surface area contributed by atoms with Crippen LogP contribution in [0.5, 0.6) is 0 Å². The number of pyridine rings is 1. The highest BCUT2D eigenvalue weighted by molar-refractivity contribution is 5.50. The standard InChI is InChI=1S/C15H18N4O2/c1-9(12-7-10-2-3-11(12)6-10)17-15-5-4-14(19(20)21)13(8-16)18-15/h4-5,9-12H,2-3,6-7H2,1H3,(H,17,18). The van der Waals surface area contributed by atoms with Crippen LogP contribution < -0.4 is 5.32 Å². The van der Waals surface area contributed by atoms with E-state index < -0.39 is 4.92 Å². The van der Waals surface area contributed by atoms with E-state index in [4.69, 9.17) is 5.26 Å². The summed E-state index contributed by atoms with van der Waals surface area (Å²) in [6, 6.07) is 5.01. The van der Waals surface area contributed by atoms with Gasteiger partial charge in [-0.1, -0.05) is 6.42 Å². The predicted octanol–water partition coefficient (Wildman–Crippen LogP) is 3.10. The van der Waals surface area contributed by atoms with Crippen molar-refractivity contribution >= 4 is 11.5 Å². The summed E-state index contributed by atoms with van der Waals surface area (Å²) < 4.78 is 0. The number of nitrogens with one attached hydrogen (secondary N) is 1. The Labute approximate surface area is 123 Å². The Kier molecular flexibility index (Phi) is 3.50. The molecule has 1 heterocycles. The largest absolute Gasteiger partial charge is 0.367 e. The molecule has 0 aliphatic heterocycles. The fraction of sp³-hybridized carbons (Fsp3) is 0.600. The molecule has 6 nitrogen and oxygen atoms in total. The number of anilines is 1. The van der Waals surface area contributed by atoms with Gasteiger partial charge in [-0.25, -0.2) is 4.98 Å². The molecule has 2 aliphatic rings. The first kappa shape index (κ1) is 13.8. The first-order valence-electron chi connectivity index (χ1n) is 7.40. The van der Waals surface area contributed by atoms with Crippen molar-refractivity contribution in [3.8, 4) is 6.07 Å². The highest BCUT2D eigenvalue weighted by atomic mass is 16.6. The van der Waals surface area contributed by atoms with Crippen LogP contribution in [0.2, 0.25) is 0 Å². The Morgan fingerprint density at radius 2 is 2.29 bits per heavy atom. The molecule has 0 radical (unpaired) electrons. The number of rotatable bonds is 4. The Morgan fingerprint density at radius 3 is 2.86 bits per heavy atom. The fourth-order valence-electron chi connectivity index (χ4n) is 4.01. The van der Waals surface area contributed by atoms with Gasteiger partial charge in [-0.15, -0.1) is 0 Å². The van der Waals surface area contributed by atoms with E-state index >= 15 is 0 Å². The lowest BCUT2D eigenvalue weighted by molar-refractivity contribution is -0.385. The van der Waals surface area contributed by atoms with Gasteiger partial charge in [-0.3, -0.25) is 10.1 Å². The minimum atomic E-state index is -0.575. The Bertz CT molecular complexity index is 610. The first-order chi connectivity index (χ1) is 10.1. The summed E-state index contributed by atoms with van der Waals surface area (Å²) in [4.78, 5) is 14.3. The monoisotopic (exact) mass is 286 g/mol. The molecule has 0 amide bonds. The molecule has 2 fully saturated rings. The molecule has 2 saturated carbocycles. The van der Waals surface area contributed by atoms with Gasteiger partial charge < -0.3 is 5.32 Å². The quantitative estimate of drug-likeness (QED) is 0.678. The van der Waals surface area contributed by atoms with Gasteiger partial charge in [0.2, 0.25) is 5.69 Å².